The number of hydrogen-bond donors (Lipinski definition) is 1. The summed E-state index contributed by atoms with van der Waals surface area (Å²) in [4.78, 5) is 19.9. The number of anilines is 2. The van der Waals surface area contributed by atoms with Crippen LogP contribution in [0.5, 0.6) is 0 Å². The first-order chi connectivity index (χ1) is 20.6. The van der Waals surface area contributed by atoms with E-state index in [0.717, 1.165) is 85.4 Å². The molecule has 1 N–H and O–H groups in total. The Bertz CT molecular complexity index is 1640. The third kappa shape index (κ3) is 6.84. The zero-order chi connectivity index (χ0) is 28.9. The standard InChI is InChI=1S/C35H41N7.ClH/c1-26-14-12-19-31(27(26)2)41-23-13-22-40(24-25-41)21-11-10-20-36-33-32-35(38-28(3)37-33)42(30-17-8-5-9-18-30)34(39-32)29-15-6-4-7-16-29;/h4-9,12,14-19H,10-11,13,20-25H2,1-3H3,(H,36,37,38);1H. The number of aryl methyl sites for hydroxylation is 2. The molecule has 43 heavy (non-hydrogen) atoms. The van der Waals surface area contributed by atoms with Crippen LogP contribution < -0.4 is 10.2 Å². The lowest BCUT2D eigenvalue weighted by atomic mass is 10.1. The number of aromatic nitrogens is 4. The van der Waals surface area contributed by atoms with Crippen molar-refractivity contribution in [1.82, 2.24) is 24.4 Å². The van der Waals surface area contributed by atoms with Crippen molar-refractivity contribution >= 4 is 35.1 Å². The van der Waals surface area contributed by atoms with Crippen molar-refractivity contribution in [2.75, 3.05) is 49.5 Å². The molecule has 224 valence electrons. The van der Waals surface area contributed by atoms with Gasteiger partial charge in [-0.3, -0.25) is 4.57 Å². The van der Waals surface area contributed by atoms with Gasteiger partial charge in [-0.25, -0.2) is 15.0 Å². The van der Waals surface area contributed by atoms with Crippen molar-refractivity contribution in [3.05, 3.63) is 95.8 Å². The molecule has 8 heteroatoms. The minimum absolute atomic E-state index is 0. The molecule has 0 spiro atoms. The number of nitrogens with one attached hydrogen (secondary N) is 1. The molecule has 5 aromatic rings. The molecule has 1 aliphatic rings. The van der Waals surface area contributed by atoms with Crippen LogP contribution in [0.15, 0.2) is 78.9 Å². The summed E-state index contributed by atoms with van der Waals surface area (Å²) in [5.74, 6) is 2.42. The summed E-state index contributed by atoms with van der Waals surface area (Å²) < 4.78 is 2.14. The summed E-state index contributed by atoms with van der Waals surface area (Å²) in [5.41, 5.74) is 7.91. The number of fused-ring (bicyclic) bond motifs is 1. The van der Waals surface area contributed by atoms with Gasteiger partial charge in [0.15, 0.2) is 17.0 Å². The predicted molar refractivity (Wildman–Crippen MR) is 181 cm³/mol. The lowest BCUT2D eigenvalue weighted by Crippen LogP contribution is -2.31. The van der Waals surface area contributed by atoms with Crippen LogP contribution in [-0.2, 0) is 0 Å². The van der Waals surface area contributed by atoms with E-state index in [-0.39, 0.29) is 12.4 Å². The van der Waals surface area contributed by atoms with Crippen molar-refractivity contribution in [1.29, 1.82) is 0 Å². The summed E-state index contributed by atoms with van der Waals surface area (Å²) >= 11 is 0. The molecular formula is C35H42ClN7. The Kier molecular flexibility index (Phi) is 9.95. The maximum Gasteiger partial charge on any atom is 0.170 e. The van der Waals surface area contributed by atoms with Gasteiger partial charge in [0, 0.05) is 43.1 Å². The minimum Gasteiger partial charge on any atom is -0.370 e. The second-order valence-corrected chi connectivity index (χ2v) is 11.3. The first kappa shape index (κ1) is 30.5. The Morgan fingerprint density at radius 3 is 2.30 bits per heavy atom. The zero-order valence-electron chi connectivity index (χ0n) is 25.5. The van der Waals surface area contributed by atoms with Crippen LogP contribution in [0.1, 0.15) is 36.2 Å². The van der Waals surface area contributed by atoms with E-state index in [0.29, 0.717) is 0 Å². The molecule has 3 aromatic carbocycles. The monoisotopic (exact) mass is 595 g/mol. The van der Waals surface area contributed by atoms with Crippen LogP contribution in [0.2, 0.25) is 0 Å². The van der Waals surface area contributed by atoms with Crippen molar-refractivity contribution in [2.45, 2.75) is 40.0 Å². The van der Waals surface area contributed by atoms with E-state index in [1.807, 2.05) is 31.2 Å². The summed E-state index contributed by atoms with van der Waals surface area (Å²) in [6.45, 7) is 12.9. The van der Waals surface area contributed by atoms with Gasteiger partial charge in [0.2, 0.25) is 0 Å². The second kappa shape index (κ2) is 14.0. The molecule has 0 aliphatic carbocycles. The van der Waals surface area contributed by atoms with Gasteiger partial charge in [0.25, 0.3) is 0 Å². The first-order valence-corrected chi connectivity index (χ1v) is 15.2. The number of halogens is 1. The zero-order valence-corrected chi connectivity index (χ0v) is 26.3. The van der Waals surface area contributed by atoms with E-state index < -0.39 is 0 Å². The van der Waals surface area contributed by atoms with Crippen LogP contribution in [0.3, 0.4) is 0 Å². The van der Waals surface area contributed by atoms with E-state index in [4.69, 9.17) is 15.0 Å². The smallest absolute Gasteiger partial charge is 0.170 e. The van der Waals surface area contributed by atoms with Gasteiger partial charge in [0.05, 0.1) is 0 Å². The SMILES string of the molecule is Cc1nc(NCCCCN2CCCN(c3cccc(C)c3C)CC2)c2nc(-c3ccccc3)n(-c3ccccc3)c2n1.Cl. The maximum atomic E-state index is 5.09. The molecule has 7 nitrogen and oxygen atoms in total. The minimum atomic E-state index is 0. The summed E-state index contributed by atoms with van der Waals surface area (Å²) in [6.07, 6.45) is 3.43. The van der Waals surface area contributed by atoms with Crippen LogP contribution in [0.25, 0.3) is 28.2 Å². The number of benzene rings is 3. The summed E-state index contributed by atoms with van der Waals surface area (Å²) in [7, 11) is 0. The lowest BCUT2D eigenvalue weighted by Gasteiger charge is -2.26. The molecular weight excluding hydrogens is 554 g/mol. The number of para-hydroxylation sites is 1. The van der Waals surface area contributed by atoms with Gasteiger partial charge in [-0.1, -0.05) is 60.7 Å². The molecule has 3 heterocycles. The quantitative estimate of drug-likeness (QED) is 0.181. The molecule has 1 fully saturated rings. The highest BCUT2D eigenvalue weighted by molar-refractivity contribution is 5.88. The molecule has 0 atom stereocenters. The average Bonchev–Trinajstić information content (AvgIpc) is 3.24. The fourth-order valence-corrected chi connectivity index (χ4v) is 5.97. The van der Waals surface area contributed by atoms with E-state index in [1.165, 1.54) is 29.8 Å². The van der Waals surface area contributed by atoms with Gasteiger partial charge in [-0.2, -0.15) is 0 Å². The summed E-state index contributed by atoms with van der Waals surface area (Å²) in [6, 6.07) is 27.3. The molecule has 1 aliphatic heterocycles. The van der Waals surface area contributed by atoms with Crippen molar-refractivity contribution in [2.24, 2.45) is 0 Å². The molecule has 1 saturated heterocycles. The Hall–Kier alpha value is -3.94. The normalized spacial score (nSPS) is 14.0. The molecule has 0 unspecified atom stereocenters. The van der Waals surface area contributed by atoms with Gasteiger partial charge in [-0.05, 0) is 82.4 Å². The van der Waals surface area contributed by atoms with Crippen LogP contribution in [-0.4, -0.2) is 63.7 Å². The van der Waals surface area contributed by atoms with Crippen molar-refractivity contribution < 1.29 is 0 Å². The Balaban J connectivity index is 0.00000368. The van der Waals surface area contributed by atoms with E-state index >= 15 is 0 Å². The average molecular weight is 596 g/mol. The summed E-state index contributed by atoms with van der Waals surface area (Å²) in [5, 5.41) is 3.61. The Labute approximate surface area is 261 Å². The van der Waals surface area contributed by atoms with Crippen LogP contribution in [0.4, 0.5) is 11.5 Å². The highest BCUT2D eigenvalue weighted by atomic mass is 35.5. The largest absolute Gasteiger partial charge is 0.370 e. The lowest BCUT2D eigenvalue weighted by molar-refractivity contribution is 0.288. The van der Waals surface area contributed by atoms with E-state index in [2.05, 4.69) is 88.1 Å². The van der Waals surface area contributed by atoms with Crippen LogP contribution >= 0.6 is 12.4 Å². The van der Waals surface area contributed by atoms with Gasteiger partial charge >= 0.3 is 0 Å². The number of unbranched alkanes of at least 4 members (excludes halogenated alkanes) is 1. The van der Waals surface area contributed by atoms with E-state index in [1.54, 1.807) is 0 Å². The number of nitrogens with zero attached hydrogens (tertiary/aromatic N) is 6. The maximum absolute atomic E-state index is 5.09. The fraction of sp³-hybridized carbons (Fsp3) is 0.343. The molecule has 2 aromatic heterocycles. The molecule has 0 amide bonds. The highest BCUT2D eigenvalue weighted by Gasteiger charge is 2.20. The number of hydrogen-bond acceptors (Lipinski definition) is 6. The van der Waals surface area contributed by atoms with Gasteiger partial charge < -0.3 is 15.1 Å². The van der Waals surface area contributed by atoms with Crippen LogP contribution in [0, 0.1) is 20.8 Å². The van der Waals surface area contributed by atoms with Gasteiger partial charge in [0.1, 0.15) is 11.6 Å². The van der Waals surface area contributed by atoms with Gasteiger partial charge in [-0.15, -0.1) is 12.4 Å². The number of rotatable bonds is 9. The highest BCUT2D eigenvalue weighted by Crippen LogP contribution is 2.30. The second-order valence-electron chi connectivity index (χ2n) is 11.3. The first-order valence-electron chi connectivity index (χ1n) is 15.2. The Morgan fingerprint density at radius 2 is 1.51 bits per heavy atom. The van der Waals surface area contributed by atoms with Crippen molar-refractivity contribution in [3.8, 4) is 17.1 Å². The Morgan fingerprint density at radius 1 is 0.744 bits per heavy atom. The molecule has 6 rings (SSSR count). The molecule has 0 bridgehead atoms. The third-order valence-corrected chi connectivity index (χ3v) is 8.36. The predicted octanol–water partition coefficient (Wildman–Crippen LogP) is 7.23. The number of imidazole rings is 1. The van der Waals surface area contributed by atoms with Crippen molar-refractivity contribution in [3.63, 3.8) is 0 Å². The topological polar surface area (TPSA) is 62.1 Å². The van der Waals surface area contributed by atoms with E-state index in [9.17, 15) is 0 Å². The molecule has 0 radical (unpaired) electrons. The molecule has 0 saturated carbocycles. The fourth-order valence-electron chi connectivity index (χ4n) is 5.97. The third-order valence-electron chi connectivity index (χ3n) is 8.36.